The van der Waals surface area contributed by atoms with Crippen molar-refractivity contribution >= 4 is 36.7 Å². The van der Waals surface area contributed by atoms with Gasteiger partial charge in [-0.15, -0.1) is 0 Å². The maximum Gasteiger partial charge on any atom is 0.342 e. The van der Waals surface area contributed by atoms with Crippen LogP contribution in [-0.2, 0) is 58.6 Å². The average molecular weight is 750 g/mol. The standard InChI is InChI=1S/C36H44N7O9P/c1-19-30(44)28(52-33(19)43-18-38-29-31(43)39-36(37)40-32(29)48-4)17-49-53(47,41-20(2)34(45)50-26-13-22-9-5-6-10-23(22)14-26)42-21(3)35(46)51-27-15-24-11-7-8-12-25(24)16-27/h5-12,18-21,26-28,30,33,44H,13-17H2,1-4H3,(H2,37,39,40)(H2,41,42,47)/t19-,20-,21-,28+,30-,33+/m0/s1. The molecule has 0 saturated carbocycles. The molecule has 2 aliphatic carbocycles. The first-order chi connectivity index (χ1) is 25.4. The topological polar surface area (TPSA) is 211 Å². The number of aliphatic hydroxyl groups is 1. The van der Waals surface area contributed by atoms with Gasteiger partial charge in [-0.1, -0.05) is 55.5 Å². The molecule has 0 amide bonds. The van der Waals surface area contributed by atoms with Crippen molar-refractivity contribution in [2.45, 2.75) is 89.2 Å². The second kappa shape index (κ2) is 15.1. The number of benzene rings is 2. The third kappa shape index (κ3) is 7.79. The molecule has 1 aliphatic heterocycles. The fraction of sp³-hybridized carbons (Fsp3) is 0.472. The number of rotatable bonds is 13. The molecule has 5 N–H and O–H groups in total. The first-order valence-electron chi connectivity index (χ1n) is 17.6. The van der Waals surface area contributed by atoms with Crippen molar-refractivity contribution in [2.24, 2.45) is 5.92 Å². The van der Waals surface area contributed by atoms with Crippen LogP contribution in [0.25, 0.3) is 11.2 Å². The highest BCUT2D eigenvalue weighted by Gasteiger charge is 2.45. The van der Waals surface area contributed by atoms with Crippen LogP contribution in [0.2, 0.25) is 0 Å². The van der Waals surface area contributed by atoms with E-state index in [2.05, 4.69) is 25.1 Å². The number of methoxy groups -OCH3 is 1. The van der Waals surface area contributed by atoms with Crippen LogP contribution in [0.15, 0.2) is 54.9 Å². The van der Waals surface area contributed by atoms with Crippen LogP contribution in [0.1, 0.15) is 49.3 Å². The minimum Gasteiger partial charge on any atom is -0.479 e. The van der Waals surface area contributed by atoms with Crippen molar-refractivity contribution in [3.05, 3.63) is 77.1 Å². The third-order valence-electron chi connectivity index (χ3n) is 10.0. The summed E-state index contributed by atoms with van der Waals surface area (Å²) in [5, 5.41) is 16.8. The molecule has 16 nitrogen and oxygen atoms in total. The number of anilines is 1. The summed E-state index contributed by atoms with van der Waals surface area (Å²) in [6, 6.07) is 13.6. The lowest BCUT2D eigenvalue weighted by molar-refractivity contribution is -0.150. The first kappa shape index (κ1) is 36.9. The number of imidazole rings is 1. The van der Waals surface area contributed by atoms with Crippen LogP contribution in [0.4, 0.5) is 5.95 Å². The molecular weight excluding hydrogens is 705 g/mol. The number of nitrogens with two attached hydrogens (primary N) is 1. The fourth-order valence-electron chi connectivity index (χ4n) is 7.22. The maximum atomic E-state index is 14.6. The molecule has 6 atom stereocenters. The number of esters is 2. The van der Waals surface area contributed by atoms with Crippen LogP contribution in [0.5, 0.6) is 5.88 Å². The summed E-state index contributed by atoms with van der Waals surface area (Å²) in [6.07, 6.45) is 0.200. The number of nitrogens with one attached hydrogen (secondary N) is 2. The molecule has 1 saturated heterocycles. The molecule has 4 aromatic rings. The largest absolute Gasteiger partial charge is 0.479 e. The van der Waals surface area contributed by atoms with E-state index in [1.54, 1.807) is 11.5 Å². The molecule has 2 aromatic carbocycles. The molecule has 53 heavy (non-hydrogen) atoms. The number of carbonyl (C=O) groups excluding carboxylic acids is 2. The SMILES string of the molecule is COc1nc(N)nc2c1ncn2[C@@H]1O[C@H](COP(=O)(N[C@@H](C)C(=O)OC2Cc3ccccc3C2)N[C@@H](C)C(=O)OC2Cc3ccccc3C2)[C@@H](O)[C@@H]1C. The van der Waals surface area contributed by atoms with Gasteiger partial charge in [0.15, 0.2) is 11.2 Å². The molecule has 0 unspecified atom stereocenters. The monoisotopic (exact) mass is 749 g/mol. The minimum absolute atomic E-state index is 0.0319. The van der Waals surface area contributed by atoms with Crippen LogP contribution in [0, 0.1) is 5.92 Å². The average Bonchev–Trinajstić information content (AvgIpc) is 3.91. The van der Waals surface area contributed by atoms with Gasteiger partial charge in [-0.2, -0.15) is 9.97 Å². The number of aromatic nitrogens is 4. The van der Waals surface area contributed by atoms with Gasteiger partial charge >= 0.3 is 19.6 Å². The van der Waals surface area contributed by atoms with E-state index >= 15 is 0 Å². The second-order valence-corrected chi connectivity index (χ2v) is 15.7. The molecule has 17 heteroatoms. The molecule has 0 spiro atoms. The maximum absolute atomic E-state index is 14.6. The number of nitrogen functional groups attached to an aromatic ring is 1. The number of aliphatic hydroxyl groups excluding tert-OH is 1. The summed E-state index contributed by atoms with van der Waals surface area (Å²) in [4.78, 5) is 39.3. The zero-order valence-corrected chi connectivity index (χ0v) is 30.8. The quantitative estimate of drug-likeness (QED) is 0.114. The van der Waals surface area contributed by atoms with Crippen molar-refractivity contribution < 1.29 is 42.7 Å². The Bertz CT molecular complexity index is 1910. The normalized spacial score (nSPS) is 22.7. The number of carbonyl (C=O) groups is 2. The Kier molecular flexibility index (Phi) is 10.5. The molecule has 0 bridgehead atoms. The smallest absolute Gasteiger partial charge is 0.342 e. The van der Waals surface area contributed by atoms with Gasteiger partial charge in [0.2, 0.25) is 11.8 Å². The Balaban J connectivity index is 1.04. The predicted octanol–water partition coefficient (Wildman–Crippen LogP) is 2.81. The molecule has 3 heterocycles. The Labute approximate surface area is 306 Å². The number of ether oxygens (including phenoxy) is 4. The fourth-order valence-corrected chi connectivity index (χ4v) is 9.04. The summed E-state index contributed by atoms with van der Waals surface area (Å²) in [6.45, 7) is 4.40. The Morgan fingerprint density at radius 1 is 0.943 bits per heavy atom. The van der Waals surface area contributed by atoms with E-state index in [1.165, 1.54) is 27.3 Å². The molecule has 282 valence electrons. The van der Waals surface area contributed by atoms with Crippen molar-refractivity contribution in [3.8, 4) is 5.88 Å². The number of nitrogens with zero attached hydrogens (tertiary/aromatic N) is 4. The first-order valence-corrected chi connectivity index (χ1v) is 19.3. The van der Waals surface area contributed by atoms with Crippen LogP contribution >= 0.6 is 7.67 Å². The molecular formula is C36H44N7O9P. The molecule has 7 rings (SSSR count). The minimum atomic E-state index is -4.25. The van der Waals surface area contributed by atoms with Crippen LogP contribution < -0.4 is 20.6 Å². The van der Waals surface area contributed by atoms with Gasteiger partial charge in [0.05, 0.1) is 26.1 Å². The Hall–Kier alpha value is -4.44. The summed E-state index contributed by atoms with van der Waals surface area (Å²) in [5.74, 6) is -1.62. The van der Waals surface area contributed by atoms with E-state index < -0.39 is 56.0 Å². The van der Waals surface area contributed by atoms with E-state index in [9.17, 15) is 19.3 Å². The highest BCUT2D eigenvalue weighted by Crippen LogP contribution is 2.43. The van der Waals surface area contributed by atoms with E-state index in [1.807, 2.05) is 48.5 Å². The molecule has 0 radical (unpaired) electrons. The highest BCUT2D eigenvalue weighted by molar-refractivity contribution is 7.54. The van der Waals surface area contributed by atoms with Gasteiger partial charge in [0, 0.05) is 31.6 Å². The molecule has 2 aromatic heterocycles. The Morgan fingerprint density at radius 2 is 1.45 bits per heavy atom. The lowest BCUT2D eigenvalue weighted by Gasteiger charge is -2.28. The van der Waals surface area contributed by atoms with Crippen molar-refractivity contribution in [2.75, 3.05) is 19.5 Å². The number of hydrogen-bond acceptors (Lipinski definition) is 13. The highest BCUT2D eigenvalue weighted by atomic mass is 31.2. The third-order valence-corrected chi connectivity index (χ3v) is 12.0. The summed E-state index contributed by atoms with van der Waals surface area (Å²) < 4.78 is 45.3. The summed E-state index contributed by atoms with van der Waals surface area (Å²) >= 11 is 0. The summed E-state index contributed by atoms with van der Waals surface area (Å²) in [7, 11) is -2.81. The van der Waals surface area contributed by atoms with Gasteiger partial charge < -0.3 is 34.3 Å². The van der Waals surface area contributed by atoms with Crippen LogP contribution in [0.3, 0.4) is 0 Å². The van der Waals surface area contributed by atoms with Crippen LogP contribution in [-0.4, -0.2) is 86.8 Å². The van der Waals surface area contributed by atoms with Gasteiger partial charge in [-0.05, 0) is 36.1 Å². The molecule has 1 fully saturated rings. The van der Waals surface area contributed by atoms with Gasteiger partial charge in [-0.3, -0.25) is 18.7 Å². The number of hydrogen-bond donors (Lipinski definition) is 4. The van der Waals surface area contributed by atoms with Gasteiger partial charge in [0.1, 0.15) is 36.6 Å². The number of fused-ring (bicyclic) bond motifs is 3. The predicted molar refractivity (Wildman–Crippen MR) is 192 cm³/mol. The van der Waals surface area contributed by atoms with Crippen molar-refractivity contribution in [3.63, 3.8) is 0 Å². The van der Waals surface area contributed by atoms with Gasteiger partial charge in [0.25, 0.3) is 0 Å². The van der Waals surface area contributed by atoms with Gasteiger partial charge in [-0.25, -0.2) is 15.2 Å². The Morgan fingerprint density at radius 3 is 1.94 bits per heavy atom. The zero-order chi connectivity index (χ0) is 37.4. The zero-order valence-electron chi connectivity index (χ0n) is 29.9. The lowest BCUT2D eigenvalue weighted by Crippen LogP contribution is -2.44. The van der Waals surface area contributed by atoms with E-state index in [0.717, 1.165) is 22.3 Å². The lowest BCUT2D eigenvalue weighted by atomic mass is 10.0. The van der Waals surface area contributed by atoms with Crippen molar-refractivity contribution in [1.82, 2.24) is 29.7 Å². The second-order valence-electron chi connectivity index (χ2n) is 13.9. The summed E-state index contributed by atoms with van der Waals surface area (Å²) in [5.41, 5.74) is 11.0. The van der Waals surface area contributed by atoms with E-state index in [4.69, 9.17) is 29.2 Å². The van der Waals surface area contributed by atoms with E-state index in [-0.39, 0.29) is 30.6 Å². The van der Waals surface area contributed by atoms with Crippen molar-refractivity contribution in [1.29, 1.82) is 0 Å². The van der Waals surface area contributed by atoms with E-state index in [0.29, 0.717) is 36.8 Å². The molecule has 3 aliphatic rings.